The van der Waals surface area contributed by atoms with Gasteiger partial charge in [0.25, 0.3) is 5.92 Å². The van der Waals surface area contributed by atoms with Crippen LogP contribution in [0.4, 0.5) is 19.4 Å². The molecule has 3 aromatic rings. The first-order valence-corrected chi connectivity index (χ1v) is 9.66. The molecule has 1 N–H and O–H groups in total. The summed E-state index contributed by atoms with van der Waals surface area (Å²) >= 11 is 0. The van der Waals surface area contributed by atoms with Gasteiger partial charge in [0, 0.05) is 31.4 Å². The summed E-state index contributed by atoms with van der Waals surface area (Å²) in [4.78, 5) is 17.5. The number of alkyl halides is 2. The number of hydrogen-bond donors (Lipinski definition) is 1. The molecule has 8 nitrogen and oxygen atoms in total. The Morgan fingerprint density at radius 1 is 1.33 bits per heavy atom. The van der Waals surface area contributed by atoms with E-state index in [0.29, 0.717) is 11.5 Å². The Balaban J connectivity index is 1.32. The Bertz CT molecular complexity index is 1020. The molecule has 1 unspecified atom stereocenters. The van der Waals surface area contributed by atoms with Crippen molar-refractivity contribution >= 4 is 17.6 Å². The molecule has 1 aliphatic heterocycles. The predicted molar refractivity (Wildman–Crippen MR) is 105 cm³/mol. The van der Waals surface area contributed by atoms with Gasteiger partial charge in [0.05, 0.1) is 6.54 Å². The maximum atomic E-state index is 14.7. The second-order valence-corrected chi connectivity index (χ2v) is 7.43. The van der Waals surface area contributed by atoms with Crippen molar-refractivity contribution < 1.29 is 18.3 Å². The van der Waals surface area contributed by atoms with Crippen LogP contribution in [0.1, 0.15) is 17.5 Å². The maximum Gasteiger partial charge on any atom is 0.410 e. The third-order valence-electron chi connectivity index (χ3n) is 5.22. The summed E-state index contributed by atoms with van der Waals surface area (Å²) in [6, 6.07) is 7.51. The summed E-state index contributed by atoms with van der Waals surface area (Å²) in [7, 11) is 0. The summed E-state index contributed by atoms with van der Waals surface area (Å²) in [5.41, 5.74) is 2.38. The molecule has 3 heterocycles. The molecule has 0 bridgehead atoms. The van der Waals surface area contributed by atoms with Crippen molar-refractivity contribution in [3.63, 3.8) is 0 Å². The molecule has 1 atom stereocenters. The summed E-state index contributed by atoms with van der Waals surface area (Å²) in [6.45, 7) is 1.56. The minimum atomic E-state index is -3.05. The number of fused-ring (bicyclic) bond motifs is 1. The zero-order valence-electron chi connectivity index (χ0n) is 16.5. The lowest BCUT2D eigenvalue weighted by atomic mass is 9.93. The molecule has 0 saturated carbocycles. The van der Waals surface area contributed by atoms with Crippen LogP contribution in [0.3, 0.4) is 0 Å². The van der Waals surface area contributed by atoms with E-state index in [1.165, 1.54) is 6.33 Å². The lowest BCUT2D eigenvalue weighted by Crippen LogP contribution is -2.52. The monoisotopic (exact) mass is 416 g/mol. The summed E-state index contributed by atoms with van der Waals surface area (Å²) in [5.74, 6) is -3.60. The third kappa shape index (κ3) is 4.32. The smallest absolute Gasteiger partial charge is 0.410 e. The number of likely N-dealkylation sites (tertiary alicyclic amines) is 1. The molecule has 1 aliphatic rings. The largest absolute Gasteiger partial charge is 0.445 e. The lowest BCUT2D eigenvalue weighted by Gasteiger charge is -2.37. The van der Waals surface area contributed by atoms with Gasteiger partial charge in [-0.15, -0.1) is 10.2 Å². The SMILES string of the molecule is Cc1ccc(COC(=O)N2CCC(CNc3nccn4cnnc34)C(F)(F)C2)cc1. The van der Waals surface area contributed by atoms with Crippen LogP contribution in [-0.4, -0.2) is 56.1 Å². The molecule has 2 aromatic heterocycles. The first-order chi connectivity index (χ1) is 14.4. The highest BCUT2D eigenvalue weighted by atomic mass is 19.3. The fourth-order valence-corrected chi connectivity index (χ4v) is 3.42. The molecule has 1 aromatic carbocycles. The van der Waals surface area contributed by atoms with Crippen LogP contribution in [0.15, 0.2) is 43.0 Å². The van der Waals surface area contributed by atoms with Crippen LogP contribution in [0.25, 0.3) is 5.65 Å². The Morgan fingerprint density at radius 2 is 2.13 bits per heavy atom. The van der Waals surface area contributed by atoms with E-state index in [2.05, 4.69) is 20.5 Å². The third-order valence-corrected chi connectivity index (χ3v) is 5.22. The van der Waals surface area contributed by atoms with Crippen LogP contribution >= 0.6 is 0 Å². The predicted octanol–water partition coefficient (Wildman–Crippen LogP) is 3.14. The number of piperidine rings is 1. The van der Waals surface area contributed by atoms with Crippen molar-refractivity contribution in [3.05, 3.63) is 54.1 Å². The first kappa shape index (κ1) is 20.0. The van der Waals surface area contributed by atoms with Gasteiger partial charge in [0.2, 0.25) is 5.65 Å². The molecule has 10 heteroatoms. The van der Waals surface area contributed by atoms with Crippen LogP contribution in [-0.2, 0) is 11.3 Å². The zero-order valence-corrected chi connectivity index (χ0v) is 16.5. The molecule has 30 heavy (non-hydrogen) atoms. The number of halogens is 2. The van der Waals surface area contributed by atoms with E-state index in [4.69, 9.17) is 4.74 Å². The fraction of sp³-hybridized carbons (Fsp3) is 0.400. The van der Waals surface area contributed by atoms with E-state index in [-0.39, 0.29) is 26.1 Å². The topological polar surface area (TPSA) is 84.7 Å². The second-order valence-electron chi connectivity index (χ2n) is 7.43. The van der Waals surface area contributed by atoms with E-state index in [1.54, 1.807) is 16.8 Å². The Kier molecular flexibility index (Phi) is 5.47. The first-order valence-electron chi connectivity index (χ1n) is 9.66. The number of rotatable bonds is 5. The van der Waals surface area contributed by atoms with Crippen molar-refractivity contribution in [3.8, 4) is 0 Å². The number of hydrogen-bond acceptors (Lipinski definition) is 6. The van der Waals surface area contributed by atoms with Crippen LogP contribution in [0.2, 0.25) is 0 Å². The van der Waals surface area contributed by atoms with Gasteiger partial charge < -0.3 is 15.0 Å². The summed E-state index contributed by atoms with van der Waals surface area (Å²) < 4.78 is 36.3. The molecule has 158 valence electrons. The molecular formula is C20H22F2N6O2. The number of aromatic nitrogens is 4. The number of carbonyl (C=O) groups excluding carboxylic acids is 1. The highest BCUT2D eigenvalue weighted by Gasteiger charge is 2.46. The number of carbonyl (C=O) groups is 1. The fourth-order valence-electron chi connectivity index (χ4n) is 3.42. The quantitative estimate of drug-likeness (QED) is 0.688. The van der Waals surface area contributed by atoms with Crippen LogP contribution in [0.5, 0.6) is 0 Å². The standard InChI is InChI=1S/C20H22F2N6O2/c1-14-2-4-15(5-3-14)11-30-19(29)27-8-6-16(20(21,22)12-27)10-24-17-18-26-25-13-28(18)9-7-23-17/h2-5,7,9,13,16H,6,8,10-12H2,1H3,(H,23,24). The molecule has 0 radical (unpaired) electrons. The van der Waals surface area contributed by atoms with Crippen molar-refractivity contribution in [2.45, 2.75) is 25.9 Å². The van der Waals surface area contributed by atoms with Gasteiger partial charge in [0.1, 0.15) is 12.9 Å². The second kappa shape index (κ2) is 8.21. The molecule has 0 spiro atoms. The number of nitrogens with one attached hydrogen (secondary N) is 1. The van der Waals surface area contributed by atoms with E-state index in [1.807, 2.05) is 31.2 Å². The van der Waals surface area contributed by atoms with Crippen molar-refractivity contribution in [1.82, 2.24) is 24.5 Å². The molecule has 1 saturated heterocycles. The van der Waals surface area contributed by atoms with Gasteiger partial charge in [0.15, 0.2) is 5.82 Å². The number of aryl methyl sites for hydroxylation is 1. The minimum Gasteiger partial charge on any atom is -0.445 e. The average molecular weight is 416 g/mol. The van der Waals surface area contributed by atoms with E-state index < -0.39 is 24.5 Å². The van der Waals surface area contributed by atoms with Gasteiger partial charge in [-0.3, -0.25) is 4.40 Å². The van der Waals surface area contributed by atoms with Gasteiger partial charge in [-0.2, -0.15) is 0 Å². The Morgan fingerprint density at radius 3 is 2.90 bits per heavy atom. The number of nitrogens with zero attached hydrogens (tertiary/aromatic N) is 5. The van der Waals surface area contributed by atoms with Crippen LogP contribution < -0.4 is 5.32 Å². The molecule has 1 amide bonds. The van der Waals surface area contributed by atoms with E-state index >= 15 is 0 Å². The molecule has 1 fully saturated rings. The van der Waals surface area contributed by atoms with Crippen molar-refractivity contribution in [1.29, 1.82) is 0 Å². The average Bonchev–Trinajstić information content (AvgIpc) is 3.21. The normalized spacial score (nSPS) is 18.4. The van der Waals surface area contributed by atoms with E-state index in [9.17, 15) is 13.6 Å². The molecule has 0 aliphatic carbocycles. The minimum absolute atomic E-state index is 0.0127. The van der Waals surface area contributed by atoms with Gasteiger partial charge >= 0.3 is 6.09 Å². The lowest BCUT2D eigenvalue weighted by molar-refractivity contribution is -0.101. The van der Waals surface area contributed by atoms with Gasteiger partial charge in [-0.25, -0.2) is 18.6 Å². The molecular weight excluding hydrogens is 394 g/mol. The molecule has 4 rings (SSSR count). The number of amides is 1. The number of ether oxygens (including phenoxy) is 1. The highest BCUT2D eigenvalue weighted by Crippen LogP contribution is 2.33. The van der Waals surface area contributed by atoms with Gasteiger partial charge in [-0.1, -0.05) is 29.8 Å². The summed E-state index contributed by atoms with van der Waals surface area (Å²) in [5, 5.41) is 10.7. The zero-order chi connectivity index (χ0) is 21.1. The van der Waals surface area contributed by atoms with Gasteiger partial charge in [-0.05, 0) is 18.9 Å². The Labute approximate surface area is 171 Å². The van der Waals surface area contributed by atoms with Crippen LogP contribution in [0, 0.1) is 12.8 Å². The van der Waals surface area contributed by atoms with Crippen molar-refractivity contribution in [2.24, 2.45) is 5.92 Å². The highest BCUT2D eigenvalue weighted by molar-refractivity contribution is 5.68. The van der Waals surface area contributed by atoms with E-state index in [0.717, 1.165) is 16.0 Å². The number of anilines is 1. The maximum absolute atomic E-state index is 14.7. The Hall–Kier alpha value is -3.30. The van der Waals surface area contributed by atoms with Crippen molar-refractivity contribution in [2.75, 3.05) is 25.0 Å². The summed E-state index contributed by atoms with van der Waals surface area (Å²) in [6.07, 6.45) is 4.16. The number of benzene rings is 1.